The Bertz CT molecular complexity index is 1570. The van der Waals surface area contributed by atoms with Gasteiger partial charge in [0.15, 0.2) is 11.3 Å². The van der Waals surface area contributed by atoms with Crippen molar-refractivity contribution in [3.63, 3.8) is 0 Å². The number of aryl methyl sites for hydroxylation is 1. The highest BCUT2D eigenvalue weighted by atomic mass is 32.1. The molecule has 0 bridgehead atoms. The summed E-state index contributed by atoms with van der Waals surface area (Å²) >= 11 is 1.18. The molecule has 8 nitrogen and oxygen atoms in total. The van der Waals surface area contributed by atoms with Gasteiger partial charge in [-0.25, -0.2) is 14.8 Å². The number of rotatable bonds is 4. The summed E-state index contributed by atoms with van der Waals surface area (Å²) in [6.07, 6.45) is 1.42. The average Bonchev–Trinajstić information content (AvgIpc) is 3.18. The van der Waals surface area contributed by atoms with Crippen LogP contribution in [0.1, 0.15) is 5.56 Å². The fourth-order valence-corrected chi connectivity index (χ4v) is 4.16. The first kappa shape index (κ1) is 19.0. The van der Waals surface area contributed by atoms with Crippen molar-refractivity contribution in [2.24, 2.45) is 0 Å². The summed E-state index contributed by atoms with van der Waals surface area (Å²) in [6.45, 7) is 1.97. The molecule has 5 aromatic rings. The van der Waals surface area contributed by atoms with Crippen LogP contribution in [0.5, 0.6) is 17.2 Å². The summed E-state index contributed by atoms with van der Waals surface area (Å²) in [6, 6.07) is 14.6. The zero-order valence-electron chi connectivity index (χ0n) is 16.5. The maximum Gasteiger partial charge on any atom is 0.429 e. The van der Waals surface area contributed by atoms with Crippen molar-refractivity contribution in [3.05, 3.63) is 81.2 Å². The molecule has 0 saturated heterocycles. The predicted octanol–water partition coefficient (Wildman–Crippen LogP) is 4.06. The van der Waals surface area contributed by atoms with Crippen molar-refractivity contribution in [3.8, 4) is 22.4 Å². The van der Waals surface area contributed by atoms with E-state index in [2.05, 4.69) is 9.97 Å². The lowest BCUT2D eigenvalue weighted by molar-refractivity contribution is 0.401. The third kappa shape index (κ3) is 3.24. The summed E-state index contributed by atoms with van der Waals surface area (Å²) in [7, 11) is 1.42. The molecule has 0 aliphatic rings. The maximum atomic E-state index is 13.0. The topological polar surface area (TPSA) is 96.5 Å². The Hall–Kier alpha value is -3.98. The van der Waals surface area contributed by atoms with Crippen LogP contribution in [-0.4, -0.2) is 21.6 Å². The van der Waals surface area contributed by atoms with Crippen molar-refractivity contribution in [1.29, 1.82) is 0 Å². The first-order valence-electron chi connectivity index (χ1n) is 9.28. The van der Waals surface area contributed by atoms with E-state index in [4.69, 9.17) is 13.9 Å². The zero-order chi connectivity index (χ0) is 21.5. The maximum absolute atomic E-state index is 13.0. The van der Waals surface area contributed by atoms with Crippen LogP contribution >= 0.6 is 11.3 Å². The van der Waals surface area contributed by atoms with Crippen molar-refractivity contribution >= 4 is 32.7 Å². The number of para-hydroxylation sites is 1. The van der Waals surface area contributed by atoms with E-state index in [1.165, 1.54) is 30.7 Å². The van der Waals surface area contributed by atoms with E-state index in [-0.39, 0.29) is 22.0 Å². The summed E-state index contributed by atoms with van der Waals surface area (Å²) < 4.78 is 18.1. The first-order valence-corrected chi connectivity index (χ1v) is 10.1. The number of ether oxygens (including phenoxy) is 2. The number of methoxy groups -OCH3 is 1. The van der Waals surface area contributed by atoms with Gasteiger partial charge in [0.1, 0.15) is 11.5 Å². The Morgan fingerprint density at radius 1 is 1.06 bits per heavy atom. The van der Waals surface area contributed by atoms with Gasteiger partial charge in [0, 0.05) is 18.3 Å². The lowest BCUT2D eigenvalue weighted by Gasteiger charge is -2.07. The summed E-state index contributed by atoms with van der Waals surface area (Å²) in [4.78, 5) is 34.0. The molecule has 0 atom stereocenters. The molecule has 2 aromatic carbocycles. The molecule has 9 heteroatoms. The molecule has 0 fully saturated rings. The van der Waals surface area contributed by atoms with Crippen LogP contribution in [0.25, 0.3) is 26.4 Å². The molecular weight excluding hydrogens is 418 g/mol. The lowest BCUT2D eigenvalue weighted by atomic mass is 10.2. The van der Waals surface area contributed by atoms with E-state index in [0.29, 0.717) is 11.3 Å². The Balaban J connectivity index is 1.61. The van der Waals surface area contributed by atoms with E-state index < -0.39 is 11.3 Å². The van der Waals surface area contributed by atoms with E-state index in [9.17, 15) is 9.59 Å². The number of hydrogen-bond acceptors (Lipinski definition) is 8. The van der Waals surface area contributed by atoms with E-state index >= 15 is 0 Å². The van der Waals surface area contributed by atoms with Crippen LogP contribution in [0.2, 0.25) is 0 Å². The number of hydrogen-bond donors (Lipinski definition) is 0. The van der Waals surface area contributed by atoms with Crippen LogP contribution in [0.15, 0.2) is 68.7 Å². The molecule has 31 heavy (non-hydrogen) atoms. The van der Waals surface area contributed by atoms with Crippen LogP contribution in [0.4, 0.5) is 0 Å². The molecule has 5 rings (SSSR count). The number of fused-ring (bicyclic) bond motifs is 2. The number of benzene rings is 2. The van der Waals surface area contributed by atoms with Gasteiger partial charge in [0.05, 0.1) is 17.3 Å². The van der Waals surface area contributed by atoms with Crippen LogP contribution in [0, 0.1) is 6.92 Å². The van der Waals surface area contributed by atoms with E-state index in [1.807, 2.05) is 37.3 Å². The van der Waals surface area contributed by atoms with Gasteiger partial charge in [-0.15, -0.1) is 0 Å². The highest BCUT2D eigenvalue weighted by molar-refractivity contribution is 7.20. The van der Waals surface area contributed by atoms with Gasteiger partial charge in [0.2, 0.25) is 10.7 Å². The predicted molar refractivity (Wildman–Crippen MR) is 117 cm³/mol. The van der Waals surface area contributed by atoms with Crippen molar-refractivity contribution < 1.29 is 13.9 Å². The molecule has 0 aliphatic heterocycles. The minimum Gasteiger partial charge on any atom is -0.493 e. The van der Waals surface area contributed by atoms with Crippen LogP contribution < -0.4 is 20.8 Å². The monoisotopic (exact) mass is 433 g/mol. The molecule has 0 spiro atoms. The minimum absolute atomic E-state index is 0.00581. The highest BCUT2D eigenvalue weighted by Crippen LogP contribution is 2.31. The molecule has 0 N–H and O–H groups in total. The molecule has 0 radical (unpaired) electrons. The quantitative estimate of drug-likeness (QED) is 0.422. The van der Waals surface area contributed by atoms with Gasteiger partial charge in [-0.1, -0.05) is 29.5 Å². The molecule has 0 saturated carbocycles. The third-order valence-corrected chi connectivity index (χ3v) is 5.73. The Kier molecular flexibility index (Phi) is 4.52. The molecule has 3 aromatic heterocycles. The van der Waals surface area contributed by atoms with Gasteiger partial charge >= 0.3 is 5.76 Å². The highest BCUT2D eigenvalue weighted by Gasteiger charge is 2.18. The number of nitrogens with zero attached hydrogens (tertiary/aromatic N) is 3. The number of aromatic nitrogens is 3. The molecular formula is C22H15N3O5S. The van der Waals surface area contributed by atoms with Gasteiger partial charge in [-0.05, 0) is 30.7 Å². The first-order chi connectivity index (χ1) is 15.0. The van der Waals surface area contributed by atoms with Crippen molar-refractivity contribution in [2.75, 3.05) is 7.11 Å². The third-order valence-electron chi connectivity index (χ3n) is 4.73. The summed E-state index contributed by atoms with van der Waals surface area (Å²) in [5, 5.41) is 0.188. The fourth-order valence-electron chi connectivity index (χ4n) is 3.18. The second-order valence-electron chi connectivity index (χ2n) is 6.69. The van der Waals surface area contributed by atoms with Crippen molar-refractivity contribution in [2.45, 2.75) is 6.92 Å². The van der Waals surface area contributed by atoms with Gasteiger partial charge in [0.25, 0.3) is 5.56 Å². The largest absolute Gasteiger partial charge is 0.493 e. The number of thiazole rings is 1. The zero-order valence-corrected chi connectivity index (χ0v) is 17.3. The second-order valence-corrected chi connectivity index (χ2v) is 7.70. The summed E-state index contributed by atoms with van der Waals surface area (Å²) in [5.41, 5.74) is 1.01. The molecule has 0 aliphatic carbocycles. The van der Waals surface area contributed by atoms with E-state index in [0.717, 1.165) is 20.6 Å². The van der Waals surface area contributed by atoms with E-state index in [1.54, 1.807) is 12.1 Å². The minimum atomic E-state index is -0.862. The average molecular weight is 433 g/mol. The fraction of sp³-hybridized carbons (Fsp3) is 0.0909. The van der Waals surface area contributed by atoms with Crippen LogP contribution in [-0.2, 0) is 0 Å². The Labute approximate surface area is 179 Å². The Morgan fingerprint density at radius 3 is 2.71 bits per heavy atom. The molecule has 154 valence electrons. The molecule has 0 unspecified atom stereocenters. The number of pyridine rings is 1. The van der Waals surface area contributed by atoms with Crippen LogP contribution in [0.3, 0.4) is 0 Å². The summed E-state index contributed by atoms with van der Waals surface area (Å²) in [5.74, 6) is 0.771. The Morgan fingerprint density at radius 2 is 1.90 bits per heavy atom. The smallest absolute Gasteiger partial charge is 0.429 e. The van der Waals surface area contributed by atoms with Crippen molar-refractivity contribution in [1.82, 2.24) is 14.5 Å². The SMILES string of the molecule is COc1ccnc2c(=O)n(-c3nc4ccc(Oc5ccccc5C)cc4s3)c(=O)oc12. The van der Waals surface area contributed by atoms with Gasteiger partial charge in [-0.2, -0.15) is 4.57 Å². The second kappa shape index (κ2) is 7.37. The normalized spacial score (nSPS) is 11.2. The van der Waals surface area contributed by atoms with Gasteiger partial charge < -0.3 is 13.9 Å². The van der Waals surface area contributed by atoms with Gasteiger partial charge in [-0.3, -0.25) is 4.79 Å². The lowest BCUT2D eigenvalue weighted by Crippen LogP contribution is -2.31. The molecule has 3 heterocycles. The standard InChI is InChI=1S/C22H15N3O5S/c1-12-5-3-4-6-15(12)29-13-7-8-14-17(11-13)31-21(24-14)25-20(26)18-19(30-22(25)27)16(28-2)9-10-23-18/h3-11H,1-2H3. The molecule has 0 amide bonds.